The van der Waals surface area contributed by atoms with Crippen LogP contribution in [0.1, 0.15) is 13.3 Å². The molecule has 1 unspecified atom stereocenters. The molecule has 0 saturated carbocycles. The van der Waals surface area contributed by atoms with E-state index in [4.69, 9.17) is 0 Å². The number of sulfone groups is 1. The van der Waals surface area contributed by atoms with Crippen LogP contribution in [0.15, 0.2) is 0 Å². The zero-order valence-corrected chi connectivity index (χ0v) is 9.44. The monoisotopic (exact) mass is 218 g/mol. The van der Waals surface area contributed by atoms with E-state index in [1.54, 1.807) is 0 Å². The summed E-state index contributed by atoms with van der Waals surface area (Å²) in [5.41, 5.74) is 0.190. The number of hydrogen-bond donors (Lipinski definition) is 1. The maximum Gasteiger partial charge on any atom is 0.152 e. The Balaban J connectivity index is 2.01. The third-order valence-corrected chi connectivity index (χ3v) is 5.06. The van der Waals surface area contributed by atoms with Crippen molar-refractivity contribution in [2.45, 2.75) is 18.9 Å². The standard InChI is InChI=1S/C9H18N2O2S/c1-9(2-3-10-8-9)11-4-6-14(12,13)7-5-11/h10H,2-8H2,1H3. The van der Waals surface area contributed by atoms with Crippen LogP contribution in [0.4, 0.5) is 0 Å². The fraction of sp³-hybridized carbons (Fsp3) is 1.00. The lowest BCUT2D eigenvalue weighted by Gasteiger charge is -2.40. The van der Waals surface area contributed by atoms with Crippen molar-refractivity contribution in [2.75, 3.05) is 37.7 Å². The maximum absolute atomic E-state index is 11.3. The van der Waals surface area contributed by atoms with Gasteiger partial charge in [-0.15, -0.1) is 0 Å². The van der Waals surface area contributed by atoms with Crippen LogP contribution in [-0.4, -0.2) is 56.5 Å². The van der Waals surface area contributed by atoms with E-state index in [2.05, 4.69) is 17.1 Å². The molecule has 2 rings (SSSR count). The number of rotatable bonds is 1. The van der Waals surface area contributed by atoms with Gasteiger partial charge >= 0.3 is 0 Å². The summed E-state index contributed by atoms with van der Waals surface area (Å²) in [6, 6.07) is 0. The van der Waals surface area contributed by atoms with E-state index in [0.717, 1.165) is 19.5 Å². The Hall–Kier alpha value is -0.130. The van der Waals surface area contributed by atoms with Gasteiger partial charge in [-0.05, 0) is 19.9 Å². The van der Waals surface area contributed by atoms with Gasteiger partial charge in [-0.2, -0.15) is 0 Å². The van der Waals surface area contributed by atoms with Crippen LogP contribution in [0.2, 0.25) is 0 Å². The second kappa shape index (κ2) is 3.47. The highest BCUT2D eigenvalue weighted by molar-refractivity contribution is 7.91. The summed E-state index contributed by atoms with van der Waals surface area (Å²) in [6.07, 6.45) is 1.13. The van der Waals surface area contributed by atoms with Crippen molar-refractivity contribution in [1.82, 2.24) is 10.2 Å². The summed E-state index contributed by atoms with van der Waals surface area (Å²) < 4.78 is 22.5. The number of nitrogens with zero attached hydrogens (tertiary/aromatic N) is 1. The van der Waals surface area contributed by atoms with Crippen LogP contribution in [0, 0.1) is 0 Å². The van der Waals surface area contributed by atoms with Crippen molar-refractivity contribution in [3.8, 4) is 0 Å². The largest absolute Gasteiger partial charge is 0.315 e. The lowest BCUT2D eigenvalue weighted by molar-refractivity contribution is 0.133. The normalized spacial score (nSPS) is 38.6. The summed E-state index contributed by atoms with van der Waals surface area (Å²) in [5.74, 6) is 0.672. The maximum atomic E-state index is 11.3. The lowest BCUT2D eigenvalue weighted by atomic mass is 9.99. The average Bonchev–Trinajstić information content (AvgIpc) is 2.53. The third-order valence-electron chi connectivity index (χ3n) is 3.45. The topological polar surface area (TPSA) is 49.4 Å². The molecule has 2 aliphatic rings. The Morgan fingerprint density at radius 3 is 2.43 bits per heavy atom. The molecule has 82 valence electrons. The Kier molecular flexibility index (Phi) is 2.57. The van der Waals surface area contributed by atoms with E-state index in [9.17, 15) is 8.42 Å². The van der Waals surface area contributed by atoms with Gasteiger partial charge in [0.2, 0.25) is 0 Å². The molecule has 1 N–H and O–H groups in total. The van der Waals surface area contributed by atoms with Crippen LogP contribution in [0.3, 0.4) is 0 Å². The molecule has 1 atom stereocenters. The van der Waals surface area contributed by atoms with Gasteiger partial charge in [-0.25, -0.2) is 8.42 Å². The molecule has 2 heterocycles. The molecule has 2 aliphatic heterocycles. The van der Waals surface area contributed by atoms with Crippen molar-refractivity contribution in [2.24, 2.45) is 0 Å². The summed E-state index contributed by atoms with van der Waals surface area (Å²) in [6.45, 7) is 5.69. The molecule has 4 nitrogen and oxygen atoms in total. The molecule has 0 bridgehead atoms. The van der Waals surface area contributed by atoms with Crippen molar-refractivity contribution >= 4 is 9.84 Å². The Labute approximate surface area is 85.6 Å². The van der Waals surface area contributed by atoms with Gasteiger partial charge in [0.05, 0.1) is 11.5 Å². The molecule has 2 fully saturated rings. The molecule has 2 saturated heterocycles. The van der Waals surface area contributed by atoms with Gasteiger partial charge < -0.3 is 5.32 Å². The first-order valence-electron chi connectivity index (χ1n) is 5.18. The minimum atomic E-state index is -2.73. The van der Waals surface area contributed by atoms with E-state index >= 15 is 0 Å². The quantitative estimate of drug-likeness (QED) is 0.643. The summed E-state index contributed by atoms with van der Waals surface area (Å²) in [5, 5.41) is 3.34. The predicted molar refractivity (Wildman–Crippen MR) is 56.1 cm³/mol. The fourth-order valence-corrected chi connectivity index (χ4v) is 3.53. The molecule has 0 radical (unpaired) electrons. The zero-order valence-electron chi connectivity index (χ0n) is 8.62. The van der Waals surface area contributed by atoms with Crippen LogP contribution in [0.5, 0.6) is 0 Å². The minimum absolute atomic E-state index is 0.190. The highest BCUT2D eigenvalue weighted by atomic mass is 32.2. The third kappa shape index (κ3) is 1.94. The first-order chi connectivity index (χ1) is 6.52. The fourth-order valence-electron chi connectivity index (χ4n) is 2.33. The first-order valence-corrected chi connectivity index (χ1v) is 7.00. The molecule has 0 amide bonds. The summed E-state index contributed by atoms with van der Waals surface area (Å²) in [7, 11) is -2.73. The van der Waals surface area contributed by atoms with E-state index < -0.39 is 9.84 Å². The van der Waals surface area contributed by atoms with Crippen LogP contribution >= 0.6 is 0 Å². The van der Waals surface area contributed by atoms with Gasteiger partial charge in [0.15, 0.2) is 9.84 Å². The molecule has 0 spiro atoms. The van der Waals surface area contributed by atoms with Crippen LogP contribution in [-0.2, 0) is 9.84 Å². The van der Waals surface area contributed by atoms with Crippen molar-refractivity contribution in [3.63, 3.8) is 0 Å². The Morgan fingerprint density at radius 1 is 1.29 bits per heavy atom. The van der Waals surface area contributed by atoms with Crippen molar-refractivity contribution in [3.05, 3.63) is 0 Å². The van der Waals surface area contributed by atoms with E-state index in [1.807, 2.05) is 0 Å². The van der Waals surface area contributed by atoms with Gasteiger partial charge in [0.1, 0.15) is 0 Å². The average molecular weight is 218 g/mol. The van der Waals surface area contributed by atoms with E-state index in [0.29, 0.717) is 24.6 Å². The minimum Gasteiger partial charge on any atom is -0.315 e. The van der Waals surface area contributed by atoms with Crippen LogP contribution < -0.4 is 5.32 Å². The van der Waals surface area contributed by atoms with Gasteiger partial charge in [-0.1, -0.05) is 0 Å². The number of nitrogens with one attached hydrogen (secondary N) is 1. The second-order valence-corrected chi connectivity index (χ2v) is 6.87. The van der Waals surface area contributed by atoms with Crippen molar-refractivity contribution < 1.29 is 8.42 Å². The molecular formula is C9H18N2O2S. The highest BCUT2D eigenvalue weighted by Gasteiger charge is 2.37. The van der Waals surface area contributed by atoms with Gasteiger partial charge in [0.25, 0.3) is 0 Å². The predicted octanol–water partition coefficient (Wildman–Crippen LogP) is -0.531. The molecule has 0 aromatic rings. The van der Waals surface area contributed by atoms with Crippen molar-refractivity contribution in [1.29, 1.82) is 0 Å². The first kappa shape index (κ1) is 10.4. The Bertz CT molecular complexity index is 293. The zero-order chi connectivity index (χ0) is 10.2. The molecule has 0 aliphatic carbocycles. The number of hydrogen-bond acceptors (Lipinski definition) is 4. The lowest BCUT2D eigenvalue weighted by Crippen LogP contribution is -2.54. The van der Waals surface area contributed by atoms with E-state index in [-0.39, 0.29) is 5.54 Å². The SMILES string of the molecule is CC1(N2CCS(=O)(=O)CC2)CCNC1. The van der Waals surface area contributed by atoms with Gasteiger partial charge in [-0.3, -0.25) is 4.90 Å². The molecule has 0 aromatic carbocycles. The molecular weight excluding hydrogens is 200 g/mol. The second-order valence-electron chi connectivity index (χ2n) is 4.56. The summed E-state index contributed by atoms with van der Waals surface area (Å²) in [4.78, 5) is 2.33. The molecule has 0 aromatic heterocycles. The molecule has 14 heavy (non-hydrogen) atoms. The Morgan fingerprint density at radius 2 is 1.93 bits per heavy atom. The van der Waals surface area contributed by atoms with Gasteiger partial charge in [0, 0.05) is 25.2 Å². The molecule has 5 heteroatoms. The summed E-state index contributed by atoms with van der Waals surface area (Å²) >= 11 is 0. The highest BCUT2D eigenvalue weighted by Crippen LogP contribution is 2.24. The van der Waals surface area contributed by atoms with Crippen LogP contribution in [0.25, 0.3) is 0 Å². The van der Waals surface area contributed by atoms with E-state index in [1.165, 1.54) is 0 Å². The smallest absolute Gasteiger partial charge is 0.152 e.